The van der Waals surface area contributed by atoms with Crippen molar-refractivity contribution in [3.05, 3.63) is 0 Å². The zero-order valence-electron chi connectivity index (χ0n) is 10.7. The van der Waals surface area contributed by atoms with Crippen LogP contribution in [0, 0.1) is 0 Å². The first kappa shape index (κ1) is 13.1. The number of nitrogens with one attached hydrogen (secondary N) is 2. The average molecular weight is 255 g/mol. The van der Waals surface area contributed by atoms with Crippen LogP contribution in [0.4, 0.5) is 4.79 Å². The predicted octanol–water partition coefficient (Wildman–Crippen LogP) is 0.386. The molecule has 2 rings (SSSR count). The first-order valence-corrected chi connectivity index (χ1v) is 6.65. The number of fused-ring (bicyclic) bond motifs is 1. The van der Waals surface area contributed by atoms with Crippen molar-refractivity contribution in [3.63, 3.8) is 0 Å². The molecule has 102 valence electrons. The minimum Gasteiger partial charge on any atom is -0.480 e. The summed E-state index contributed by atoms with van der Waals surface area (Å²) in [6.07, 6.45) is 3.67. The molecule has 2 amide bonds. The average Bonchev–Trinajstić information content (AvgIpc) is 2.90. The molecule has 2 fully saturated rings. The van der Waals surface area contributed by atoms with Gasteiger partial charge in [0.2, 0.25) is 0 Å². The summed E-state index contributed by atoms with van der Waals surface area (Å²) in [5.74, 6) is -0.985. The molecule has 2 unspecified atom stereocenters. The van der Waals surface area contributed by atoms with Crippen LogP contribution in [0.3, 0.4) is 0 Å². The van der Waals surface area contributed by atoms with E-state index in [1.165, 1.54) is 6.42 Å². The van der Waals surface area contributed by atoms with Gasteiger partial charge in [-0.05, 0) is 32.2 Å². The highest BCUT2D eigenvalue weighted by Crippen LogP contribution is 2.27. The molecule has 0 aliphatic carbocycles. The number of carboxylic acids is 1. The number of hydrogen-bond acceptors (Lipinski definition) is 3. The van der Waals surface area contributed by atoms with E-state index in [9.17, 15) is 9.59 Å². The molecule has 0 saturated carbocycles. The third kappa shape index (κ3) is 2.75. The fraction of sp³-hybridized carbons (Fsp3) is 0.833. The Labute approximate surface area is 107 Å². The van der Waals surface area contributed by atoms with Crippen molar-refractivity contribution in [1.29, 1.82) is 0 Å². The largest absolute Gasteiger partial charge is 0.480 e. The van der Waals surface area contributed by atoms with E-state index in [1.54, 1.807) is 6.92 Å². The summed E-state index contributed by atoms with van der Waals surface area (Å²) in [5, 5.41) is 14.3. The van der Waals surface area contributed by atoms with Gasteiger partial charge in [0.05, 0.1) is 0 Å². The minimum absolute atomic E-state index is 0.166. The molecule has 0 aromatic heterocycles. The Morgan fingerprint density at radius 2 is 2.17 bits per heavy atom. The van der Waals surface area contributed by atoms with Gasteiger partial charge in [0.15, 0.2) is 0 Å². The fourth-order valence-corrected chi connectivity index (χ4v) is 2.96. The van der Waals surface area contributed by atoms with Crippen molar-refractivity contribution in [2.75, 3.05) is 13.1 Å². The summed E-state index contributed by atoms with van der Waals surface area (Å²) in [6.45, 7) is 3.90. The summed E-state index contributed by atoms with van der Waals surface area (Å²) < 4.78 is 0. The van der Waals surface area contributed by atoms with E-state index in [4.69, 9.17) is 5.11 Å². The van der Waals surface area contributed by atoms with Crippen LogP contribution in [0.2, 0.25) is 0 Å². The van der Waals surface area contributed by atoms with Crippen LogP contribution in [0.5, 0.6) is 0 Å². The molecule has 6 nitrogen and oxygen atoms in total. The van der Waals surface area contributed by atoms with Crippen LogP contribution >= 0.6 is 0 Å². The van der Waals surface area contributed by atoms with Gasteiger partial charge in [-0.15, -0.1) is 0 Å². The number of nitrogens with zero attached hydrogens (tertiary/aromatic N) is 1. The monoisotopic (exact) mass is 255 g/mol. The minimum atomic E-state index is -0.985. The first-order valence-electron chi connectivity index (χ1n) is 6.65. The second kappa shape index (κ2) is 5.56. The van der Waals surface area contributed by atoms with Crippen LogP contribution in [0.25, 0.3) is 0 Å². The zero-order chi connectivity index (χ0) is 13.1. The lowest BCUT2D eigenvalue weighted by molar-refractivity contribution is -0.139. The number of hydrogen-bond donors (Lipinski definition) is 3. The van der Waals surface area contributed by atoms with Crippen molar-refractivity contribution >= 4 is 12.0 Å². The lowest BCUT2D eigenvalue weighted by Crippen LogP contribution is -2.51. The van der Waals surface area contributed by atoms with Crippen molar-refractivity contribution in [3.8, 4) is 0 Å². The molecular formula is C12H21N3O3. The molecule has 2 aliphatic rings. The van der Waals surface area contributed by atoms with Gasteiger partial charge in [-0.3, -0.25) is 4.90 Å². The molecule has 3 atom stereocenters. The maximum atomic E-state index is 11.8. The number of carbonyl (C=O) groups is 2. The maximum absolute atomic E-state index is 11.8. The summed E-state index contributed by atoms with van der Waals surface area (Å²) in [5.41, 5.74) is 0. The quantitative estimate of drug-likeness (QED) is 0.678. The summed E-state index contributed by atoms with van der Waals surface area (Å²) in [6, 6.07) is -0.548. The molecule has 2 aliphatic heterocycles. The molecule has 0 radical (unpaired) electrons. The second-order valence-corrected chi connectivity index (χ2v) is 5.06. The Hall–Kier alpha value is -1.30. The lowest BCUT2D eigenvalue weighted by Gasteiger charge is -2.22. The Kier molecular flexibility index (Phi) is 4.06. The van der Waals surface area contributed by atoms with Crippen molar-refractivity contribution < 1.29 is 14.7 Å². The molecule has 18 heavy (non-hydrogen) atoms. The lowest BCUT2D eigenvalue weighted by atomic mass is 10.1. The number of carbonyl (C=O) groups excluding carboxylic acids is 1. The second-order valence-electron chi connectivity index (χ2n) is 5.06. The summed E-state index contributed by atoms with van der Waals surface area (Å²) >= 11 is 0. The number of aliphatic carboxylic acids is 1. The summed E-state index contributed by atoms with van der Waals surface area (Å²) in [7, 11) is 0. The molecule has 0 spiro atoms. The maximum Gasteiger partial charge on any atom is 0.326 e. The van der Waals surface area contributed by atoms with Gasteiger partial charge >= 0.3 is 12.0 Å². The van der Waals surface area contributed by atoms with Gasteiger partial charge in [0.1, 0.15) is 6.04 Å². The van der Waals surface area contributed by atoms with E-state index in [1.807, 2.05) is 0 Å². The Bertz CT molecular complexity index is 335. The Balaban J connectivity index is 1.82. The molecule has 0 aromatic carbocycles. The van der Waals surface area contributed by atoms with Gasteiger partial charge in [-0.2, -0.15) is 0 Å². The highest BCUT2D eigenvalue weighted by atomic mass is 16.4. The van der Waals surface area contributed by atoms with E-state index in [-0.39, 0.29) is 12.1 Å². The molecule has 0 aromatic rings. The van der Waals surface area contributed by atoms with Crippen molar-refractivity contribution in [2.24, 2.45) is 0 Å². The van der Waals surface area contributed by atoms with Crippen LogP contribution in [0.1, 0.15) is 32.6 Å². The standard InChI is InChI=1S/C12H21N3O3/c1-2-8(11(16)17)13-12(18)14-9-5-7-15-6-3-4-10(9)15/h8-10H,2-7H2,1H3,(H,16,17)(H2,13,14,18)/t8-,9?,10?/m0/s1. The number of carboxylic acid groups (broad SMARTS) is 1. The third-order valence-corrected chi connectivity index (χ3v) is 3.93. The van der Waals surface area contributed by atoms with Crippen LogP contribution in [0.15, 0.2) is 0 Å². The Morgan fingerprint density at radius 1 is 1.39 bits per heavy atom. The third-order valence-electron chi connectivity index (χ3n) is 3.93. The number of urea groups is 1. The molecule has 2 saturated heterocycles. The van der Waals surface area contributed by atoms with E-state index < -0.39 is 12.0 Å². The van der Waals surface area contributed by atoms with Gasteiger partial charge in [-0.1, -0.05) is 6.92 Å². The summed E-state index contributed by atoms with van der Waals surface area (Å²) in [4.78, 5) is 25.0. The molecule has 0 bridgehead atoms. The molecule has 3 N–H and O–H groups in total. The smallest absolute Gasteiger partial charge is 0.326 e. The van der Waals surface area contributed by atoms with Gasteiger partial charge < -0.3 is 15.7 Å². The van der Waals surface area contributed by atoms with Crippen LogP contribution < -0.4 is 10.6 Å². The fourth-order valence-electron chi connectivity index (χ4n) is 2.96. The molecular weight excluding hydrogens is 234 g/mol. The van der Waals surface area contributed by atoms with Crippen molar-refractivity contribution in [1.82, 2.24) is 15.5 Å². The number of amides is 2. The van der Waals surface area contributed by atoms with E-state index in [0.29, 0.717) is 12.5 Å². The SMILES string of the molecule is CC[C@H](NC(=O)NC1CCN2CCCC12)C(=O)O. The van der Waals surface area contributed by atoms with Gasteiger partial charge in [0.25, 0.3) is 0 Å². The number of rotatable bonds is 4. The predicted molar refractivity (Wildman–Crippen MR) is 66.4 cm³/mol. The van der Waals surface area contributed by atoms with Crippen LogP contribution in [-0.4, -0.2) is 53.2 Å². The zero-order valence-corrected chi connectivity index (χ0v) is 10.7. The normalized spacial score (nSPS) is 28.7. The highest BCUT2D eigenvalue weighted by Gasteiger charge is 2.38. The van der Waals surface area contributed by atoms with Crippen LogP contribution in [-0.2, 0) is 4.79 Å². The van der Waals surface area contributed by atoms with Gasteiger partial charge in [-0.25, -0.2) is 9.59 Å². The molecule has 2 heterocycles. The highest BCUT2D eigenvalue weighted by molar-refractivity contribution is 5.82. The Morgan fingerprint density at radius 3 is 2.83 bits per heavy atom. The van der Waals surface area contributed by atoms with Crippen molar-refractivity contribution in [2.45, 2.75) is 50.7 Å². The first-order chi connectivity index (χ1) is 8.61. The molecule has 6 heteroatoms. The van der Waals surface area contributed by atoms with Gasteiger partial charge in [0, 0.05) is 18.6 Å². The van der Waals surface area contributed by atoms with E-state index in [0.717, 1.165) is 25.9 Å². The van der Waals surface area contributed by atoms with E-state index >= 15 is 0 Å². The topological polar surface area (TPSA) is 81.7 Å². The van der Waals surface area contributed by atoms with E-state index in [2.05, 4.69) is 15.5 Å².